The Kier molecular flexibility index (Phi) is 3.03. The molecule has 0 radical (unpaired) electrons. The molecule has 1 unspecified atom stereocenters. The van der Waals surface area contributed by atoms with Crippen LogP contribution in [0.1, 0.15) is 26.2 Å². The summed E-state index contributed by atoms with van der Waals surface area (Å²) in [6.45, 7) is 2.57. The van der Waals surface area contributed by atoms with Crippen molar-refractivity contribution in [1.82, 2.24) is 4.98 Å². The van der Waals surface area contributed by atoms with Crippen molar-refractivity contribution >= 4 is 5.82 Å². The van der Waals surface area contributed by atoms with Crippen LogP contribution in [-0.4, -0.2) is 17.6 Å². The SMILES string of the molecule is CC1CCCCN1c1nc(F)c(F)cc1F. The van der Waals surface area contributed by atoms with Crippen molar-refractivity contribution in [2.75, 3.05) is 11.4 Å². The van der Waals surface area contributed by atoms with Crippen molar-refractivity contribution in [3.8, 4) is 0 Å². The lowest BCUT2D eigenvalue weighted by Gasteiger charge is -2.34. The first-order valence-electron chi connectivity index (χ1n) is 5.38. The minimum Gasteiger partial charge on any atom is -0.351 e. The summed E-state index contributed by atoms with van der Waals surface area (Å²) in [5.41, 5.74) is 0. The molecule has 2 rings (SSSR count). The number of nitrogens with zero attached hydrogens (tertiary/aromatic N) is 2. The first-order chi connectivity index (χ1) is 7.59. The summed E-state index contributed by atoms with van der Waals surface area (Å²) in [4.78, 5) is 5.05. The number of anilines is 1. The average molecular weight is 230 g/mol. The predicted octanol–water partition coefficient (Wildman–Crippen LogP) is 2.88. The lowest BCUT2D eigenvalue weighted by molar-refractivity contribution is 0.440. The summed E-state index contributed by atoms with van der Waals surface area (Å²) in [7, 11) is 0. The maximum Gasteiger partial charge on any atom is 0.251 e. The van der Waals surface area contributed by atoms with Crippen LogP contribution in [0.3, 0.4) is 0 Å². The maximum atomic E-state index is 13.5. The fourth-order valence-corrected chi connectivity index (χ4v) is 2.05. The zero-order chi connectivity index (χ0) is 11.7. The van der Waals surface area contributed by atoms with Crippen molar-refractivity contribution in [3.05, 3.63) is 23.6 Å². The van der Waals surface area contributed by atoms with Gasteiger partial charge in [-0.25, -0.2) is 8.78 Å². The lowest BCUT2D eigenvalue weighted by atomic mass is 10.0. The molecule has 0 saturated carbocycles. The van der Waals surface area contributed by atoms with E-state index < -0.39 is 17.6 Å². The third kappa shape index (κ3) is 1.99. The summed E-state index contributed by atoms with van der Waals surface area (Å²) >= 11 is 0. The Bertz CT molecular complexity index is 395. The fraction of sp³-hybridized carbons (Fsp3) is 0.545. The van der Waals surface area contributed by atoms with Gasteiger partial charge in [-0.15, -0.1) is 0 Å². The van der Waals surface area contributed by atoms with E-state index in [1.54, 1.807) is 4.90 Å². The first kappa shape index (κ1) is 11.2. The molecule has 2 heterocycles. The molecule has 0 bridgehead atoms. The van der Waals surface area contributed by atoms with Crippen LogP contribution in [0.25, 0.3) is 0 Å². The number of aromatic nitrogens is 1. The Hall–Kier alpha value is -1.26. The topological polar surface area (TPSA) is 16.1 Å². The molecule has 0 amide bonds. The molecule has 0 aliphatic carbocycles. The van der Waals surface area contributed by atoms with E-state index in [0.29, 0.717) is 12.6 Å². The van der Waals surface area contributed by atoms with Gasteiger partial charge in [0.2, 0.25) is 0 Å². The molecule has 16 heavy (non-hydrogen) atoms. The van der Waals surface area contributed by atoms with Crippen LogP contribution in [-0.2, 0) is 0 Å². The highest BCUT2D eigenvalue weighted by molar-refractivity contribution is 5.41. The second-order valence-electron chi connectivity index (χ2n) is 4.10. The van der Waals surface area contributed by atoms with Crippen LogP contribution < -0.4 is 4.90 Å². The highest BCUT2D eigenvalue weighted by atomic mass is 19.2. The first-order valence-corrected chi connectivity index (χ1v) is 5.38. The summed E-state index contributed by atoms with van der Waals surface area (Å²) in [5.74, 6) is -3.36. The van der Waals surface area contributed by atoms with Crippen molar-refractivity contribution in [1.29, 1.82) is 0 Å². The quantitative estimate of drug-likeness (QED) is 0.689. The van der Waals surface area contributed by atoms with Gasteiger partial charge in [0.15, 0.2) is 17.5 Å². The zero-order valence-electron chi connectivity index (χ0n) is 9.01. The van der Waals surface area contributed by atoms with Crippen LogP contribution in [0.4, 0.5) is 19.0 Å². The molecule has 1 aromatic heterocycles. The summed E-state index contributed by atoms with van der Waals surface area (Å²) in [6, 6.07) is 0.666. The largest absolute Gasteiger partial charge is 0.351 e. The van der Waals surface area contributed by atoms with Gasteiger partial charge in [0.25, 0.3) is 5.95 Å². The molecule has 2 nitrogen and oxygen atoms in total. The monoisotopic (exact) mass is 230 g/mol. The fourth-order valence-electron chi connectivity index (χ4n) is 2.05. The molecule has 1 fully saturated rings. The molecule has 88 valence electrons. The Balaban J connectivity index is 2.35. The lowest BCUT2D eigenvalue weighted by Crippen LogP contribution is -2.38. The van der Waals surface area contributed by atoms with Gasteiger partial charge in [0, 0.05) is 18.7 Å². The maximum absolute atomic E-state index is 13.5. The van der Waals surface area contributed by atoms with Gasteiger partial charge in [-0.1, -0.05) is 0 Å². The minimum atomic E-state index is -1.24. The van der Waals surface area contributed by atoms with Crippen molar-refractivity contribution in [2.24, 2.45) is 0 Å². The van der Waals surface area contributed by atoms with Crippen molar-refractivity contribution in [3.63, 3.8) is 0 Å². The average Bonchev–Trinajstić information content (AvgIpc) is 2.25. The van der Waals surface area contributed by atoms with E-state index in [9.17, 15) is 13.2 Å². The molecule has 5 heteroatoms. The van der Waals surface area contributed by atoms with E-state index in [1.807, 2.05) is 6.92 Å². The third-order valence-corrected chi connectivity index (χ3v) is 2.94. The third-order valence-electron chi connectivity index (χ3n) is 2.94. The van der Waals surface area contributed by atoms with E-state index in [1.165, 1.54) is 0 Å². The van der Waals surface area contributed by atoms with E-state index >= 15 is 0 Å². The van der Waals surface area contributed by atoms with Gasteiger partial charge in [0.1, 0.15) is 0 Å². The summed E-state index contributed by atoms with van der Waals surface area (Å²) < 4.78 is 39.2. The van der Waals surface area contributed by atoms with Gasteiger partial charge in [-0.05, 0) is 26.2 Å². The van der Waals surface area contributed by atoms with E-state index in [2.05, 4.69) is 4.98 Å². The molecule has 1 atom stereocenters. The van der Waals surface area contributed by atoms with Crippen LogP contribution in [0.2, 0.25) is 0 Å². The predicted molar refractivity (Wildman–Crippen MR) is 54.8 cm³/mol. The number of hydrogen-bond donors (Lipinski definition) is 0. The summed E-state index contributed by atoms with van der Waals surface area (Å²) in [6.07, 6.45) is 2.91. The smallest absolute Gasteiger partial charge is 0.251 e. The van der Waals surface area contributed by atoms with Crippen LogP contribution in [0.5, 0.6) is 0 Å². The van der Waals surface area contributed by atoms with E-state index in [4.69, 9.17) is 0 Å². The molecule has 0 spiro atoms. The number of pyridine rings is 1. The standard InChI is InChI=1S/C11H13F3N2/c1-7-4-2-3-5-16(7)11-9(13)6-8(12)10(14)15-11/h6-7H,2-5H2,1H3. The second kappa shape index (κ2) is 4.31. The van der Waals surface area contributed by atoms with Gasteiger partial charge in [-0.2, -0.15) is 9.37 Å². The molecule has 1 aliphatic heterocycles. The molecule has 0 N–H and O–H groups in total. The van der Waals surface area contributed by atoms with Crippen LogP contribution in [0, 0.1) is 17.6 Å². The molecule has 1 saturated heterocycles. The highest BCUT2D eigenvalue weighted by Crippen LogP contribution is 2.26. The second-order valence-corrected chi connectivity index (χ2v) is 4.10. The van der Waals surface area contributed by atoms with Gasteiger partial charge in [-0.3, -0.25) is 0 Å². The summed E-state index contributed by atoms with van der Waals surface area (Å²) in [5, 5.41) is 0. The number of piperidine rings is 1. The minimum absolute atomic E-state index is 0.0777. The Morgan fingerprint density at radius 1 is 1.25 bits per heavy atom. The molecular weight excluding hydrogens is 217 g/mol. The molecule has 0 aromatic carbocycles. The highest BCUT2D eigenvalue weighted by Gasteiger charge is 2.24. The van der Waals surface area contributed by atoms with Crippen LogP contribution >= 0.6 is 0 Å². The normalized spacial score (nSPS) is 21.2. The zero-order valence-corrected chi connectivity index (χ0v) is 9.01. The molecular formula is C11H13F3N2. The Morgan fingerprint density at radius 3 is 2.69 bits per heavy atom. The molecule has 1 aromatic rings. The number of rotatable bonds is 1. The van der Waals surface area contributed by atoms with Gasteiger partial charge < -0.3 is 4.90 Å². The number of halogens is 3. The molecule has 1 aliphatic rings. The van der Waals surface area contributed by atoms with E-state index in [-0.39, 0.29) is 11.9 Å². The van der Waals surface area contributed by atoms with Gasteiger partial charge in [0.05, 0.1) is 0 Å². The van der Waals surface area contributed by atoms with Gasteiger partial charge >= 0.3 is 0 Å². The van der Waals surface area contributed by atoms with Crippen molar-refractivity contribution in [2.45, 2.75) is 32.2 Å². The Labute approximate surface area is 92.1 Å². The Morgan fingerprint density at radius 2 is 2.00 bits per heavy atom. The van der Waals surface area contributed by atoms with Crippen LogP contribution in [0.15, 0.2) is 6.07 Å². The van der Waals surface area contributed by atoms with E-state index in [0.717, 1.165) is 19.3 Å². The number of hydrogen-bond acceptors (Lipinski definition) is 2. The van der Waals surface area contributed by atoms with Crippen molar-refractivity contribution < 1.29 is 13.2 Å².